The zero-order valence-electron chi connectivity index (χ0n) is 10.8. The average molecular weight is 234 g/mol. The van der Waals surface area contributed by atoms with Gasteiger partial charge in [0.25, 0.3) is 0 Å². The number of hydrogen-bond donors (Lipinski definition) is 1. The van der Waals surface area contributed by atoms with Crippen LogP contribution in [0.1, 0.15) is 31.4 Å². The third-order valence-electron chi connectivity index (χ3n) is 4.40. The molecule has 2 unspecified atom stereocenters. The van der Waals surface area contributed by atoms with E-state index in [1.54, 1.807) is 0 Å². The maximum absolute atomic E-state index is 4.19. The lowest BCUT2D eigenvalue weighted by Gasteiger charge is -2.35. The Labute approximate surface area is 103 Å². The smallest absolute Gasteiger partial charge is 0.0945 e. The van der Waals surface area contributed by atoms with E-state index in [4.69, 9.17) is 0 Å². The molecule has 0 amide bonds. The molecular weight excluding hydrogens is 212 g/mol. The summed E-state index contributed by atoms with van der Waals surface area (Å²) in [6.07, 6.45) is 9.23. The molecule has 2 atom stereocenters. The Bertz CT molecular complexity index is 375. The molecule has 17 heavy (non-hydrogen) atoms. The summed E-state index contributed by atoms with van der Waals surface area (Å²) in [5, 5.41) is 3.70. The van der Waals surface area contributed by atoms with Crippen LogP contribution in [0.25, 0.3) is 0 Å². The molecule has 0 spiro atoms. The second kappa shape index (κ2) is 4.42. The lowest BCUT2D eigenvalue weighted by molar-refractivity contribution is 0.163. The zero-order valence-corrected chi connectivity index (χ0v) is 10.8. The molecule has 0 aromatic carbocycles. The quantitative estimate of drug-likeness (QED) is 0.851. The van der Waals surface area contributed by atoms with Gasteiger partial charge in [0.1, 0.15) is 0 Å². The van der Waals surface area contributed by atoms with Crippen LogP contribution in [0.5, 0.6) is 0 Å². The topological polar surface area (TPSA) is 33.1 Å². The summed E-state index contributed by atoms with van der Waals surface area (Å²) in [5.41, 5.74) is 1.30. The molecule has 2 bridgehead atoms. The first-order valence-corrected chi connectivity index (χ1v) is 6.64. The van der Waals surface area contributed by atoms with Crippen LogP contribution in [0.4, 0.5) is 0 Å². The molecule has 2 fully saturated rings. The Morgan fingerprint density at radius 2 is 2.12 bits per heavy atom. The Morgan fingerprint density at radius 3 is 2.71 bits per heavy atom. The highest BCUT2D eigenvalue weighted by atomic mass is 15.2. The van der Waals surface area contributed by atoms with E-state index in [2.05, 4.69) is 33.9 Å². The predicted molar refractivity (Wildman–Crippen MR) is 67.6 cm³/mol. The van der Waals surface area contributed by atoms with Crippen molar-refractivity contribution in [3.8, 4) is 0 Å². The summed E-state index contributed by atoms with van der Waals surface area (Å²) in [7, 11) is 4.32. The summed E-state index contributed by atoms with van der Waals surface area (Å²) in [6, 6.07) is 2.28. The minimum absolute atomic E-state index is 0.739. The second-order valence-corrected chi connectivity index (χ2v) is 5.67. The number of nitrogens with one attached hydrogen (secondary N) is 1. The lowest BCUT2D eigenvalue weighted by atomic mass is 9.98. The Hall–Kier alpha value is -0.870. The minimum Gasteiger partial charge on any atom is -0.337 e. The van der Waals surface area contributed by atoms with E-state index in [1.165, 1.54) is 31.4 Å². The van der Waals surface area contributed by atoms with Crippen LogP contribution in [-0.4, -0.2) is 39.6 Å². The van der Waals surface area contributed by atoms with Gasteiger partial charge in [-0.15, -0.1) is 0 Å². The van der Waals surface area contributed by atoms with Crippen molar-refractivity contribution in [3.63, 3.8) is 0 Å². The molecule has 1 aromatic heterocycles. The Morgan fingerprint density at radius 1 is 1.41 bits per heavy atom. The molecule has 1 aromatic rings. The van der Waals surface area contributed by atoms with E-state index < -0.39 is 0 Å². The van der Waals surface area contributed by atoms with E-state index in [-0.39, 0.29) is 0 Å². The number of rotatable bonds is 3. The van der Waals surface area contributed by atoms with E-state index >= 15 is 0 Å². The van der Waals surface area contributed by atoms with Gasteiger partial charge in [0.15, 0.2) is 0 Å². The van der Waals surface area contributed by atoms with Gasteiger partial charge in [0.05, 0.1) is 12.0 Å². The maximum Gasteiger partial charge on any atom is 0.0945 e. The molecule has 3 rings (SSSR count). The number of aromatic nitrogens is 2. The largest absolute Gasteiger partial charge is 0.337 e. The fourth-order valence-electron chi connectivity index (χ4n) is 3.31. The van der Waals surface area contributed by atoms with Crippen LogP contribution in [0.2, 0.25) is 0 Å². The number of aryl methyl sites for hydroxylation is 1. The van der Waals surface area contributed by atoms with E-state index in [0.29, 0.717) is 0 Å². The molecular formula is C13H22N4. The standard InChI is InChI=1S/C13H22N4/c1-16(8-13-7-14-9-17(13)2)12-5-10-3-4-11(6-12)15-10/h7,9-12,15H,3-6,8H2,1-2H3. The van der Waals surface area contributed by atoms with Crippen LogP contribution in [0.3, 0.4) is 0 Å². The highest BCUT2D eigenvalue weighted by molar-refractivity contribution is 5.00. The summed E-state index contributed by atoms with van der Waals surface area (Å²) < 4.78 is 2.12. The zero-order chi connectivity index (χ0) is 11.8. The molecule has 2 saturated heterocycles. The van der Waals surface area contributed by atoms with Gasteiger partial charge in [-0.3, -0.25) is 4.90 Å². The highest BCUT2D eigenvalue weighted by Gasteiger charge is 2.35. The van der Waals surface area contributed by atoms with Crippen molar-refractivity contribution in [1.82, 2.24) is 19.8 Å². The van der Waals surface area contributed by atoms with Crippen molar-refractivity contribution in [2.24, 2.45) is 7.05 Å². The van der Waals surface area contributed by atoms with Gasteiger partial charge in [0.2, 0.25) is 0 Å². The number of imidazole rings is 1. The van der Waals surface area contributed by atoms with Crippen molar-refractivity contribution >= 4 is 0 Å². The van der Waals surface area contributed by atoms with E-state index in [1.807, 2.05) is 12.5 Å². The molecule has 4 nitrogen and oxygen atoms in total. The van der Waals surface area contributed by atoms with Gasteiger partial charge in [0, 0.05) is 37.9 Å². The molecule has 2 aliphatic heterocycles. The number of piperidine rings is 1. The number of hydrogen-bond acceptors (Lipinski definition) is 3. The van der Waals surface area contributed by atoms with Crippen molar-refractivity contribution in [2.45, 2.75) is 50.4 Å². The van der Waals surface area contributed by atoms with Crippen LogP contribution in [-0.2, 0) is 13.6 Å². The number of fused-ring (bicyclic) bond motifs is 2. The number of nitrogens with zero attached hydrogens (tertiary/aromatic N) is 3. The molecule has 1 N–H and O–H groups in total. The van der Waals surface area contributed by atoms with E-state index in [0.717, 1.165) is 24.7 Å². The molecule has 3 heterocycles. The maximum atomic E-state index is 4.19. The minimum atomic E-state index is 0.739. The molecule has 2 aliphatic rings. The molecule has 0 saturated carbocycles. The van der Waals surface area contributed by atoms with Gasteiger partial charge in [-0.05, 0) is 32.7 Å². The van der Waals surface area contributed by atoms with Gasteiger partial charge in [-0.2, -0.15) is 0 Å². The molecule has 0 aliphatic carbocycles. The van der Waals surface area contributed by atoms with Gasteiger partial charge < -0.3 is 9.88 Å². The third kappa shape index (κ3) is 2.24. The Kier molecular flexibility index (Phi) is 2.92. The lowest BCUT2D eigenvalue weighted by Crippen LogP contribution is -2.46. The highest BCUT2D eigenvalue weighted by Crippen LogP contribution is 2.29. The average Bonchev–Trinajstić information content (AvgIpc) is 2.86. The van der Waals surface area contributed by atoms with Crippen LogP contribution in [0.15, 0.2) is 12.5 Å². The van der Waals surface area contributed by atoms with Crippen molar-refractivity contribution in [2.75, 3.05) is 7.05 Å². The van der Waals surface area contributed by atoms with Gasteiger partial charge in [-0.1, -0.05) is 0 Å². The summed E-state index contributed by atoms with van der Waals surface area (Å²) in [5.74, 6) is 0. The fraction of sp³-hybridized carbons (Fsp3) is 0.769. The van der Waals surface area contributed by atoms with Crippen LogP contribution < -0.4 is 5.32 Å². The van der Waals surface area contributed by atoms with Crippen molar-refractivity contribution in [1.29, 1.82) is 0 Å². The SMILES string of the molecule is CN(Cc1cncn1C)C1CC2CCC(C1)N2. The van der Waals surface area contributed by atoms with Crippen molar-refractivity contribution in [3.05, 3.63) is 18.2 Å². The molecule has 0 radical (unpaired) electrons. The van der Waals surface area contributed by atoms with Gasteiger partial charge >= 0.3 is 0 Å². The third-order valence-corrected chi connectivity index (χ3v) is 4.40. The Balaban J connectivity index is 1.63. The van der Waals surface area contributed by atoms with E-state index in [9.17, 15) is 0 Å². The fourth-order valence-corrected chi connectivity index (χ4v) is 3.31. The first-order chi connectivity index (χ1) is 8.22. The first-order valence-electron chi connectivity index (χ1n) is 6.64. The van der Waals surface area contributed by atoms with Gasteiger partial charge in [-0.25, -0.2) is 4.98 Å². The second-order valence-electron chi connectivity index (χ2n) is 5.67. The molecule has 94 valence electrons. The molecule has 4 heteroatoms. The summed E-state index contributed by atoms with van der Waals surface area (Å²) in [4.78, 5) is 6.69. The summed E-state index contributed by atoms with van der Waals surface area (Å²) in [6.45, 7) is 1.01. The predicted octanol–water partition coefficient (Wildman–Crippen LogP) is 1.13. The van der Waals surface area contributed by atoms with Crippen molar-refractivity contribution < 1.29 is 0 Å². The summed E-state index contributed by atoms with van der Waals surface area (Å²) >= 11 is 0. The first kappa shape index (κ1) is 11.2. The monoisotopic (exact) mass is 234 g/mol. The normalized spacial score (nSPS) is 32.3. The van der Waals surface area contributed by atoms with Crippen LogP contribution in [0, 0.1) is 0 Å². The van der Waals surface area contributed by atoms with Crippen LogP contribution >= 0.6 is 0 Å².